The average Bonchev–Trinajstić information content (AvgIpc) is 3.36. The molecule has 0 bridgehead atoms. The molecule has 3 fully saturated rings. The van der Waals surface area contributed by atoms with Crippen LogP contribution in [0.25, 0.3) is 0 Å². The van der Waals surface area contributed by atoms with Gasteiger partial charge in [-0.3, -0.25) is 9.59 Å². The quantitative estimate of drug-likeness (QED) is 0.780. The van der Waals surface area contributed by atoms with E-state index in [1.54, 1.807) is 6.92 Å². The van der Waals surface area contributed by atoms with Crippen LogP contribution >= 0.6 is 0 Å². The molecule has 0 aromatic heterocycles. The van der Waals surface area contributed by atoms with Gasteiger partial charge in [0.15, 0.2) is 11.5 Å². The van der Waals surface area contributed by atoms with E-state index in [1.165, 1.54) is 5.57 Å². The molecule has 4 aliphatic carbocycles. The lowest BCUT2D eigenvalue weighted by atomic mass is 9.47. The van der Waals surface area contributed by atoms with Gasteiger partial charge in [0.05, 0.1) is 5.41 Å². The highest BCUT2D eigenvalue weighted by atomic mass is 16.6. The Bertz CT molecular complexity index is 807. The number of ether oxygens (including phenoxy) is 1. The lowest BCUT2D eigenvalue weighted by molar-refractivity contribution is -0.164. The Morgan fingerprint density at radius 1 is 1.27 bits per heavy atom. The molecule has 0 spiro atoms. The van der Waals surface area contributed by atoms with Gasteiger partial charge in [0.1, 0.15) is 5.60 Å². The molecule has 0 aromatic carbocycles. The van der Waals surface area contributed by atoms with Gasteiger partial charge in [-0.15, -0.1) is 0 Å². The zero-order valence-corrected chi connectivity index (χ0v) is 16.1. The number of aliphatic hydroxyl groups is 1. The number of allylic oxidation sites excluding steroid dienone is 2. The minimum atomic E-state index is -1.21. The highest BCUT2D eigenvalue weighted by Gasteiger charge is 2.69. The first-order valence-electron chi connectivity index (χ1n) is 10.1. The number of carbonyl (C=O) groups excluding carboxylic acids is 2. The molecular formula is C22H28O4. The molecule has 0 saturated heterocycles. The SMILES string of the molecule is CC(=O)[C@@]1(O)[C@H](C)C[C@H]2[C@@H]3CCC4=CC(=O)C5=C(O5)[C@]4(C)[C@H]3CC[C@@]21C. The van der Waals surface area contributed by atoms with Gasteiger partial charge in [-0.05, 0) is 75.7 Å². The molecule has 26 heavy (non-hydrogen) atoms. The van der Waals surface area contributed by atoms with Crippen LogP contribution in [0.3, 0.4) is 0 Å². The molecule has 4 heteroatoms. The summed E-state index contributed by atoms with van der Waals surface area (Å²) >= 11 is 0. The van der Waals surface area contributed by atoms with Crippen LogP contribution in [-0.4, -0.2) is 22.3 Å². The monoisotopic (exact) mass is 356 g/mol. The van der Waals surface area contributed by atoms with Crippen LogP contribution in [0, 0.1) is 34.5 Å². The van der Waals surface area contributed by atoms with Gasteiger partial charge < -0.3 is 9.84 Å². The Labute approximate surface area is 154 Å². The first-order valence-corrected chi connectivity index (χ1v) is 10.1. The Balaban J connectivity index is 1.56. The third-order valence-electron chi connectivity index (χ3n) is 9.08. The summed E-state index contributed by atoms with van der Waals surface area (Å²) in [4.78, 5) is 24.6. The molecular weight excluding hydrogens is 328 g/mol. The Morgan fingerprint density at radius 3 is 2.69 bits per heavy atom. The van der Waals surface area contributed by atoms with Gasteiger partial charge in [0, 0.05) is 5.41 Å². The second-order valence-corrected chi connectivity index (χ2v) is 9.83. The predicted molar refractivity (Wildman–Crippen MR) is 95.8 cm³/mol. The molecule has 0 aromatic rings. The van der Waals surface area contributed by atoms with E-state index in [9.17, 15) is 14.7 Å². The molecule has 1 N–H and O–H groups in total. The maximum absolute atomic E-state index is 12.5. The van der Waals surface area contributed by atoms with Crippen LogP contribution in [0.15, 0.2) is 23.2 Å². The van der Waals surface area contributed by atoms with Gasteiger partial charge in [-0.1, -0.05) is 19.4 Å². The van der Waals surface area contributed by atoms with Crippen molar-refractivity contribution in [2.24, 2.45) is 34.5 Å². The standard InChI is InChI=1S/C22H28O4/c1-11-9-16-14-6-5-13-10-17(24)18-19(26-18)21(13,4)15(14)7-8-20(16,3)22(11,25)12(2)23/h10-11,14-16,25H,5-9H2,1-4H3/t11-,14-,15+,16+,20+,21+,22+/m1/s1. The first-order chi connectivity index (χ1) is 12.2. The van der Waals surface area contributed by atoms with E-state index in [0.717, 1.165) is 37.9 Å². The van der Waals surface area contributed by atoms with Crippen molar-refractivity contribution in [2.45, 2.75) is 65.4 Å². The maximum Gasteiger partial charge on any atom is 0.224 e. The van der Waals surface area contributed by atoms with Crippen LogP contribution in [0.5, 0.6) is 0 Å². The van der Waals surface area contributed by atoms with E-state index in [2.05, 4.69) is 13.8 Å². The summed E-state index contributed by atoms with van der Waals surface area (Å²) in [6, 6.07) is 0. The predicted octanol–water partition coefficient (Wildman–Crippen LogP) is 3.55. The minimum Gasteiger partial charge on any atom is -0.449 e. The van der Waals surface area contributed by atoms with E-state index in [0.29, 0.717) is 23.5 Å². The Kier molecular flexibility index (Phi) is 3.02. The molecule has 7 atom stereocenters. The highest BCUT2D eigenvalue weighted by molar-refractivity contribution is 6.07. The molecule has 140 valence electrons. The van der Waals surface area contributed by atoms with Crippen molar-refractivity contribution in [2.75, 3.05) is 0 Å². The summed E-state index contributed by atoms with van der Waals surface area (Å²) in [5.74, 6) is 2.70. The van der Waals surface area contributed by atoms with Crippen LogP contribution in [0.2, 0.25) is 0 Å². The Hall–Kier alpha value is -1.42. The smallest absolute Gasteiger partial charge is 0.224 e. The summed E-state index contributed by atoms with van der Waals surface area (Å²) in [5, 5.41) is 11.4. The van der Waals surface area contributed by atoms with Crippen LogP contribution in [0.4, 0.5) is 0 Å². The lowest BCUT2D eigenvalue weighted by Crippen LogP contribution is -2.58. The molecule has 1 heterocycles. The number of ketones is 2. The van der Waals surface area contributed by atoms with Crippen molar-refractivity contribution >= 4 is 11.6 Å². The molecule has 5 rings (SSSR count). The molecule has 3 saturated carbocycles. The summed E-state index contributed by atoms with van der Waals surface area (Å²) in [6.07, 6.45) is 6.53. The minimum absolute atomic E-state index is 0.00150. The molecule has 1 aliphatic heterocycles. The number of rotatable bonds is 1. The van der Waals surface area contributed by atoms with Gasteiger partial charge in [-0.2, -0.15) is 0 Å². The van der Waals surface area contributed by atoms with Gasteiger partial charge in [0.2, 0.25) is 11.5 Å². The third-order valence-corrected chi connectivity index (χ3v) is 9.08. The van der Waals surface area contributed by atoms with Crippen molar-refractivity contribution < 1.29 is 19.4 Å². The van der Waals surface area contributed by atoms with Gasteiger partial charge in [-0.25, -0.2) is 0 Å². The third kappa shape index (κ3) is 1.62. The maximum atomic E-state index is 12.5. The van der Waals surface area contributed by atoms with E-state index in [-0.39, 0.29) is 28.3 Å². The van der Waals surface area contributed by atoms with E-state index in [1.807, 2.05) is 13.0 Å². The topological polar surface area (TPSA) is 66.9 Å². The lowest BCUT2D eigenvalue weighted by Gasteiger charge is -2.57. The fourth-order valence-corrected chi connectivity index (χ4v) is 7.66. The normalized spacial score (nSPS) is 51.6. The fraction of sp³-hybridized carbons (Fsp3) is 0.727. The number of Topliss-reactive ketones (excluding diaryl/α,β-unsaturated/α-hetero) is 1. The van der Waals surface area contributed by atoms with E-state index in [4.69, 9.17) is 4.74 Å². The molecule has 0 unspecified atom stereocenters. The molecule has 5 aliphatic rings. The zero-order valence-electron chi connectivity index (χ0n) is 16.1. The Morgan fingerprint density at radius 2 is 2.00 bits per heavy atom. The van der Waals surface area contributed by atoms with Gasteiger partial charge in [0.25, 0.3) is 0 Å². The second-order valence-electron chi connectivity index (χ2n) is 9.83. The molecule has 0 radical (unpaired) electrons. The number of fused-ring (bicyclic) bond motifs is 6. The molecule has 0 amide bonds. The van der Waals surface area contributed by atoms with Crippen molar-refractivity contribution in [3.63, 3.8) is 0 Å². The number of carbonyl (C=O) groups is 2. The summed E-state index contributed by atoms with van der Waals surface area (Å²) in [7, 11) is 0. The summed E-state index contributed by atoms with van der Waals surface area (Å²) in [5.41, 5.74) is -0.476. The fourth-order valence-electron chi connectivity index (χ4n) is 7.66. The largest absolute Gasteiger partial charge is 0.449 e. The molecule has 4 nitrogen and oxygen atoms in total. The van der Waals surface area contributed by atoms with Crippen molar-refractivity contribution in [3.05, 3.63) is 23.2 Å². The van der Waals surface area contributed by atoms with Crippen molar-refractivity contribution in [1.82, 2.24) is 0 Å². The van der Waals surface area contributed by atoms with Crippen molar-refractivity contribution in [1.29, 1.82) is 0 Å². The highest BCUT2D eigenvalue weighted by Crippen LogP contribution is 2.70. The van der Waals surface area contributed by atoms with Gasteiger partial charge >= 0.3 is 0 Å². The number of hydrogen-bond acceptors (Lipinski definition) is 4. The van der Waals surface area contributed by atoms with Crippen molar-refractivity contribution in [3.8, 4) is 0 Å². The van der Waals surface area contributed by atoms with E-state index < -0.39 is 5.60 Å². The van der Waals surface area contributed by atoms with Crippen LogP contribution in [-0.2, 0) is 14.3 Å². The summed E-state index contributed by atoms with van der Waals surface area (Å²) < 4.78 is 5.68. The zero-order chi connectivity index (χ0) is 18.6. The summed E-state index contributed by atoms with van der Waals surface area (Å²) in [6.45, 7) is 8.00. The average molecular weight is 356 g/mol. The number of hydrogen-bond donors (Lipinski definition) is 1. The van der Waals surface area contributed by atoms with Crippen LogP contribution < -0.4 is 0 Å². The van der Waals surface area contributed by atoms with E-state index >= 15 is 0 Å². The first kappa shape index (κ1) is 16.7. The van der Waals surface area contributed by atoms with Crippen LogP contribution in [0.1, 0.15) is 59.8 Å². The second kappa shape index (κ2) is 4.70.